The van der Waals surface area contributed by atoms with Gasteiger partial charge in [-0.15, -0.1) is 0 Å². The third kappa shape index (κ3) is 29.9. The first-order chi connectivity index (χ1) is 33.4. The molecule has 0 aliphatic carbocycles. The lowest BCUT2D eigenvalue weighted by Crippen LogP contribution is -2.36. The van der Waals surface area contributed by atoms with E-state index in [1.165, 1.54) is 63.9 Å². The number of nitrogen functional groups attached to an aromatic ring is 1. The number of hydrogen-bond donors (Lipinski definition) is 6. The van der Waals surface area contributed by atoms with Crippen LogP contribution in [0.15, 0.2) is 65.7 Å². The van der Waals surface area contributed by atoms with Crippen molar-refractivity contribution in [3.05, 3.63) is 71.4 Å². The molecule has 0 saturated carbocycles. The van der Waals surface area contributed by atoms with Crippen molar-refractivity contribution in [2.45, 2.75) is 199 Å². The highest BCUT2D eigenvalue weighted by Crippen LogP contribution is 2.60. The molecule has 2 heterocycles. The second-order valence-corrected chi connectivity index (χ2v) is 21.0. The van der Waals surface area contributed by atoms with Crippen molar-refractivity contribution < 1.29 is 71.4 Å². The van der Waals surface area contributed by atoms with Crippen LogP contribution in [0.3, 0.4) is 0 Å². The number of phosphoric acid groups is 2. The predicted molar refractivity (Wildman–Crippen MR) is 267 cm³/mol. The monoisotopic (exact) mass is 1030 g/mol. The second kappa shape index (κ2) is 36.6. The Balaban J connectivity index is 1.85. The molecule has 0 amide bonds. The van der Waals surface area contributed by atoms with E-state index >= 15 is 0 Å². The topological polar surface area (TPSA) is 286 Å². The summed E-state index contributed by atoms with van der Waals surface area (Å²) in [5.74, 6) is -0.647. The number of phosphoric ester groups is 2. The van der Waals surface area contributed by atoms with E-state index in [1.54, 1.807) is 12.2 Å². The maximum atomic E-state index is 12.8. The van der Waals surface area contributed by atoms with Crippen LogP contribution in [0.4, 0.5) is 5.82 Å². The molecular weight excluding hydrogens is 948 g/mol. The molecule has 400 valence electrons. The Morgan fingerprint density at radius 2 is 1.43 bits per heavy atom. The largest absolute Gasteiger partial charge is 0.481 e. The minimum Gasteiger partial charge on any atom is -0.462 e. The Morgan fingerprint density at radius 1 is 0.800 bits per heavy atom. The van der Waals surface area contributed by atoms with Crippen LogP contribution in [-0.4, -0.2) is 96.9 Å². The maximum absolute atomic E-state index is 12.8. The number of carbonyl (C=O) groups excluding carboxylic acids is 2. The van der Waals surface area contributed by atoms with Gasteiger partial charge in [-0.05, 0) is 56.9 Å². The van der Waals surface area contributed by atoms with Gasteiger partial charge in [0.05, 0.1) is 19.3 Å². The molecule has 1 saturated heterocycles. The van der Waals surface area contributed by atoms with Crippen LogP contribution < -0.4 is 11.4 Å². The Morgan fingerprint density at radius 3 is 2.10 bits per heavy atom. The number of esters is 2. The van der Waals surface area contributed by atoms with Gasteiger partial charge in [0, 0.05) is 19.0 Å². The lowest BCUT2D eigenvalue weighted by Gasteiger charge is -2.21. The number of aliphatic hydroxyl groups excluding tert-OH is 3. The minimum atomic E-state index is -5.45. The minimum absolute atomic E-state index is 0.0578. The SMILES string of the molecule is CCCCC/C=C\C[C@H](O)/C=C/C=C\C/C=C\CCCC(=O)O[C@H](COC(=O)CCCCCCCCCCCCCC(C)C)COP(=O)(O)OP(=O)(O)OC[C@H]1O[C@@H](n2ccc(N)nc2=O)[C@H](O)[C@@H]1O. The zero-order valence-corrected chi connectivity index (χ0v) is 43.4. The fourth-order valence-corrected chi connectivity index (χ4v) is 9.33. The van der Waals surface area contributed by atoms with Gasteiger partial charge in [-0.3, -0.25) is 23.2 Å². The van der Waals surface area contributed by atoms with Crippen LogP contribution >= 0.6 is 15.6 Å². The molecule has 1 aromatic rings. The summed E-state index contributed by atoms with van der Waals surface area (Å²) in [5, 5.41) is 31.0. The van der Waals surface area contributed by atoms with E-state index < -0.39 is 89.8 Å². The molecule has 1 aliphatic rings. The van der Waals surface area contributed by atoms with Gasteiger partial charge in [0.15, 0.2) is 12.3 Å². The average Bonchev–Trinajstić information content (AvgIpc) is 3.58. The lowest BCUT2D eigenvalue weighted by atomic mass is 10.0. The highest BCUT2D eigenvalue weighted by molar-refractivity contribution is 7.61. The molecule has 0 aromatic carbocycles. The van der Waals surface area contributed by atoms with Crippen molar-refractivity contribution in [1.82, 2.24) is 9.55 Å². The summed E-state index contributed by atoms with van der Waals surface area (Å²) in [6.45, 7) is 4.28. The smallest absolute Gasteiger partial charge is 0.462 e. The number of unbranched alkanes of at least 4 members (excludes halogenated alkanes) is 14. The number of allylic oxidation sites excluding steroid dienone is 6. The summed E-state index contributed by atoms with van der Waals surface area (Å²) in [6, 6.07) is 1.24. The molecular formula is C49H83N3O16P2. The molecule has 70 heavy (non-hydrogen) atoms. The standard InChI is InChI=1S/C49H83N3O16P2/c1-4-5-6-7-20-25-30-40(53)31-26-21-16-13-14-18-23-28-33-45(55)66-41(36-63-44(54)32-27-22-17-12-10-8-9-11-15-19-24-29-39(2)3)37-64-69(59,60)68-70(61,62)65-38-42-46(56)47(57)48(67-42)52-35-34-43(50)51-49(52)58/h14,16,18,20-21,25-26,31,34-35,39-42,46-48,53,56-57H,4-13,15,17,19,22-24,27-30,32-33,36-38H2,1-3H3,(H,59,60)(H,61,62)(H2,50,51,58)/b18-14-,21-16-,25-20-,31-26+/t40-,41+,42+,46+,47+,48+/m0/s1. The molecule has 2 unspecified atom stereocenters. The van der Waals surface area contributed by atoms with Crippen molar-refractivity contribution >= 4 is 33.4 Å². The van der Waals surface area contributed by atoms with Crippen LogP contribution in [0.2, 0.25) is 0 Å². The van der Waals surface area contributed by atoms with Crippen molar-refractivity contribution in [2.24, 2.45) is 5.92 Å². The van der Waals surface area contributed by atoms with Crippen LogP contribution in [0.5, 0.6) is 0 Å². The van der Waals surface area contributed by atoms with Crippen molar-refractivity contribution in [1.29, 1.82) is 0 Å². The third-order valence-electron chi connectivity index (χ3n) is 11.2. The van der Waals surface area contributed by atoms with Crippen LogP contribution in [0.25, 0.3) is 0 Å². The van der Waals surface area contributed by atoms with Gasteiger partial charge in [0.2, 0.25) is 0 Å². The normalized spacial score (nSPS) is 20.2. The zero-order chi connectivity index (χ0) is 51.6. The van der Waals surface area contributed by atoms with E-state index in [4.69, 9.17) is 29.0 Å². The van der Waals surface area contributed by atoms with Crippen LogP contribution in [0.1, 0.15) is 168 Å². The first-order valence-corrected chi connectivity index (χ1v) is 28.1. The number of aliphatic hydroxyl groups is 3. The number of nitrogens with zero attached hydrogens (tertiary/aromatic N) is 2. The number of aromatic nitrogens is 2. The molecule has 19 nitrogen and oxygen atoms in total. The summed E-state index contributed by atoms with van der Waals surface area (Å²) in [4.78, 5) is 61.8. The van der Waals surface area contributed by atoms with E-state index in [0.29, 0.717) is 32.1 Å². The Kier molecular flexibility index (Phi) is 32.8. The summed E-state index contributed by atoms with van der Waals surface area (Å²) in [5.41, 5.74) is 4.57. The average molecular weight is 1030 g/mol. The van der Waals surface area contributed by atoms with Gasteiger partial charge in [0.1, 0.15) is 30.7 Å². The Labute approximate surface area is 414 Å². The number of anilines is 1. The van der Waals surface area contributed by atoms with Crippen molar-refractivity contribution in [2.75, 3.05) is 25.6 Å². The zero-order valence-electron chi connectivity index (χ0n) is 41.6. The van der Waals surface area contributed by atoms with Gasteiger partial charge in [0.25, 0.3) is 0 Å². The van der Waals surface area contributed by atoms with Crippen LogP contribution in [0, 0.1) is 5.92 Å². The molecule has 0 spiro atoms. The molecule has 1 aromatic heterocycles. The Bertz CT molecular complexity index is 1890. The Hall–Kier alpha value is -3.32. The van der Waals surface area contributed by atoms with E-state index in [1.807, 2.05) is 30.4 Å². The summed E-state index contributed by atoms with van der Waals surface area (Å²) in [7, 11) is -10.9. The van der Waals surface area contributed by atoms with E-state index in [9.17, 15) is 48.6 Å². The highest BCUT2D eigenvalue weighted by Gasteiger charge is 2.46. The van der Waals surface area contributed by atoms with E-state index in [0.717, 1.165) is 55.2 Å². The van der Waals surface area contributed by atoms with E-state index in [-0.39, 0.29) is 18.7 Å². The third-order valence-corrected chi connectivity index (χ3v) is 13.8. The molecule has 2 rings (SSSR count). The molecule has 8 atom stereocenters. The van der Waals surface area contributed by atoms with Crippen molar-refractivity contribution in [3.8, 4) is 0 Å². The fraction of sp³-hybridized carbons (Fsp3) is 0.714. The lowest BCUT2D eigenvalue weighted by molar-refractivity contribution is -0.161. The number of nitrogens with two attached hydrogens (primary N) is 1. The number of ether oxygens (including phenoxy) is 3. The van der Waals surface area contributed by atoms with Crippen molar-refractivity contribution in [3.63, 3.8) is 0 Å². The second-order valence-electron chi connectivity index (χ2n) is 18.0. The molecule has 0 bridgehead atoms. The number of rotatable bonds is 40. The quantitative estimate of drug-likeness (QED) is 0.0117. The summed E-state index contributed by atoms with van der Waals surface area (Å²) in [6.07, 6.45) is 28.1. The molecule has 1 fully saturated rings. The van der Waals surface area contributed by atoms with Gasteiger partial charge in [-0.25, -0.2) is 13.9 Å². The van der Waals surface area contributed by atoms with Gasteiger partial charge in [-0.2, -0.15) is 9.29 Å². The summed E-state index contributed by atoms with van der Waals surface area (Å²) < 4.78 is 56.6. The van der Waals surface area contributed by atoms with E-state index in [2.05, 4.69) is 36.1 Å². The molecule has 0 radical (unpaired) electrons. The van der Waals surface area contributed by atoms with Gasteiger partial charge in [-0.1, -0.05) is 153 Å². The maximum Gasteiger partial charge on any atom is 0.481 e. The molecule has 7 N–H and O–H groups in total. The van der Waals surface area contributed by atoms with Gasteiger partial charge < -0.3 is 45.1 Å². The number of carbonyl (C=O) groups is 2. The first kappa shape index (κ1) is 62.8. The van der Waals surface area contributed by atoms with Crippen LogP contribution in [-0.2, 0) is 46.3 Å². The fourth-order valence-electron chi connectivity index (χ4n) is 7.22. The predicted octanol–water partition coefficient (Wildman–Crippen LogP) is 8.99. The molecule has 1 aliphatic heterocycles. The first-order valence-electron chi connectivity index (χ1n) is 25.1. The number of hydrogen-bond acceptors (Lipinski definition) is 16. The molecule has 21 heteroatoms. The summed E-state index contributed by atoms with van der Waals surface area (Å²) >= 11 is 0. The highest BCUT2D eigenvalue weighted by atomic mass is 31.3. The van der Waals surface area contributed by atoms with Gasteiger partial charge >= 0.3 is 33.3 Å².